The van der Waals surface area contributed by atoms with Crippen molar-refractivity contribution in [1.29, 1.82) is 0 Å². The first-order valence-electron chi connectivity index (χ1n) is 5.89. The summed E-state index contributed by atoms with van der Waals surface area (Å²) in [6.45, 7) is 7.11. The van der Waals surface area contributed by atoms with Gasteiger partial charge in [0, 0.05) is 17.6 Å². The molecule has 1 aromatic carbocycles. The zero-order valence-corrected chi connectivity index (χ0v) is 10.9. The number of nitrogens with two attached hydrogens (primary N) is 1. The molecule has 90 valence electrons. The predicted octanol–water partition coefficient (Wildman–Crippen LogP) is 2.55. The molecular weight excluding hydrogens is 220 g/mol. The van der Waals surface area contributed by atoms with Crippen molar-refractivity contribution < 1.29 is 0 Å². The lowest BCUT2D eigenvalue weighted by Gasteiger charge is -2.28. The fourth-order valence-electron chi connectivity index (χ4n) is 2.04. The van der Waals surface area contributed by atoms with E-state index in [2.05, 4.69) is 24.8 Å². The molecule has 1 unspecified atom stereocenters. The highest BCUT2D eigenvalue weighted by atomic mass is 35.5. The Labute approximate surface area is 103 Å². The van der Waals surface area contributed by atoms with E-state index in [1.165, 1.54) is 5.56 Å². The normalized spacial score (nSPS) is 13.1. The van der Waals surface area contributed by atoms with Crippen molar-refractivity contribution in [2.75, 3.05) is 19.6 Å². The van der Waals surface area contributed by atoms with Crippen LogP contribution in [-0.4, -0.2) is 30.6 Å². The topological polar surface area (TPSA) is 29.3 Å². The zero-order chi connectivity index (χ0) is 12.0. The second-order valence-corrected chi connectivity index (χ2v) is 4.38. The lowest BCUT2D eigenvalue weighted by molar-refractivity contribution is 0.220. The lowest BCUT2D eigenvalue weighted by Crippen LogP contribution is -2.41. The van der Waals surface area contributed by atoms with Crippen LogP contribution in [0.3, 0.4) is 0 Å². The number of benzene rings is 1. The van der Waals surface area contributed by atoms with E-state index in [0.717, 1.165) is 24.5 Å². The van der Waals surface area contributed by atoms with E-state index in [9.17, 15) is 0 Å². The Bertz CT molecular complexity index is 311. The Hall–Kier alpha value is -0.570. The first kappa shape index (κ1) is 13.5. The molecule has 2 nitrogen and oxygen atoms in total. The average Bonchev–Trinajstić information content (AvgIpc) is 2.29. The van der Waals surface area contributed by atoms with Crippen molar-refractivity contribution in [3.8, 4) is 0 Å². The molecule has 0 radical (unpaired) electrons. The Morgan fingerprint density at radius 1 is 1.31 bits per heavy atom. The predicted molar refractivity (Wildman–Crippen MR) is 70.9 cm³/mol. The zero-order valence-electron chi connectivity index (χ0n) is 10.1. The van der Waals surface area contributed by atoms with Crippen LogP contribution in [0.25, 0.3) is 0 Å². The molecule has 0 saturated heterocycles. The van der Waals surface area contributed by atoms with Gasteiger partial charge in [0.15, 0.2) is 0 Å². The Morgan fingerprint density at radius 2 is 2.00 bits per heavy atom. The molecule has 0 amide bonds. The number of halogens is 1. The number of likely N-dealkylation sites (N-methyl/N-ethyl adjacent to an activating group) is 1. The number of hydrogen-bond donors (Lipinski definition) is 1. The molecule has 0 aliphatic rings. The molecule has 0 aliphatic carbocycles. The van der Waals surface area contributed by atoms with Crippen molar-refractivity contribution in [3.05, 3.63) is 34.9 Å². The summed E-state index contributed by atoms with van der Waals surface area (Å²) in [4.78, 5) is 2.39. The van der Waals surface area contributed by atoms with Gasteiger partial charge in [-0.1, -0.05) is 37.6 Å². The minimum absolute atomic E-state index is 0.411. The molecule has 0 fully saturated rings. The number of nitrogens with zero attached hydrogens (tertiary/aromatic N) is 1. The fraction of sp³-hybridized carbons (Fsp3) is 0.538. The molecule has 16 heavy (non-hydrogen) atoms. The third-order valence-electron chi connectivity index (χ3n) is 2.96. The van der Waals surface area contributed by atoms with Crippen LogP contribution in [0.2, 0.25) is 5.02 Å². The molecule has 1 rings (SSSR count). The molecule has 0 aromatic heterocycles. The Balaban J connectivity index is 2.69. The highest BCUT2D eigenvalue weighted by molar-refractivity contribution is 6.30. The fourth-order valence-corrected chi connectivity index (χ4v) is 2.25. The van der Waals surface area contributed by atoms with E-state index in [4.69, 9.17) is 17.3 Å². The maximum Gasteiger partial charge on any atom is 0.0408 e. The summed E-state index contributed by atoms with van der Waals surface area (Å²) >= 11 is 5.97. The van der Waals surface area contributed by atoms with Crippen LogP contribution in [0.5, 0.6) is 0 Å². The molecule has 0 heterocycles. The number of rotatable bonds is 6. The van der Waals surface area contributed by atoms with Crippen molar-refractivity contribution in [2.24, 2.45) is 5.73 Å². The highest BCUT2D eigenvalue weighted by Gasteiger charge is 2.14. The maximum absolute atomic E-state index is 5.97. The van der Waals surface area contributed by atoms with Crippen LogP contribution >= 0.6 is 11.6 Å². The largest absolute Gasteiger partial charge is 0.329 e. The molecule has 1 aromatic rings. The van der Waals surface area contributed by atoms with E-state index in [1.807, 2.05) is 18.2 Å². The smallest absolute Gasteiger partial charge is 0.0408 e. The van der Waals surface area contributed by atoms with E-state index < -0.39 is 0 Å². The second kappa shape index (κ2) is 6.89. The van der Waals surface area contributed by atoms with Crippen LogP contribution < -0.4 is 5.73 Å². The molecule has 0 aliphatic heterocycles. The van der Waals surface area contributed by atoms with Gasteiger partial charge in [-0.05, 0) is 37.2 Å². The first-order valence-corrected chi connectivity index (χ1v) is 6.27. The standard InChI is InChI=1S/C13H21ClN2/c1-3-16(4-2)13(10-15)9-11-6-5-7-12(14)8-11/h5-8,13H,3-4,9-10,15H2,1-2H3. The molecule has 0 spiro atoms. The first-order chi connectivity index (χ1) is 7.71. The quantitative estimate of drug-likeness (QED) is 0.828. The van der Waals surface area contributed by atoms with Crippen LogP contribution in [0, 0.1) is 0 Å². The molecular formula is C13H21ClN2. The molecule has 0 bridgehead atoms. The van der Waals surface area contributed by atoms with Gasteiger partial charge >= 0.3 is 0 Å². The van der Waals surface area contributed by atoms with Gasteiger partial charge in [0.2, 0.25) is 0 Å². The SMILES string of the molecule is CCN(CC)C(CN)Cc1cccc(Cl)c1. The van der Waals surface area contributed by atoms with Gasteiger partial charge in [-0.25, -0.2) is 0 Å². The van der Waals surface area contributed by atoms with Gasteiger partial charge in [-0.15, -0.1) is 0 Å². The summed E-state index contributed by atoms with van der Waals surface area (Å²) in [5, 5.41) is 0.799. The van der Waals surface area contributed by atoms with Gasteiger partial charge in [-0.3, -0.25) is 4.90 Å². The van der Waals surface area contributed by atoms with E-state index in [-0.39, 0.29) is 0 Å². The summed E-state index contributed by atoms with van der Waals surface area (Å²) in [6, 6.07) is 8.44. The van der Waals surface area contributed by atoms with Crippen LogP contribution in [-0.2, 0) is 6.42 Å². The molecule has 3 heteroatoms. The number of hydrogen-bond acceptors (Lipinski definition) is 2. The van der Waals surface area contributed by atoms with Crippen LogP contribution in [0.15, 0.2) is 24.3 Å². The minimum atomic E-state index is 0.411. The summed E-state index contributed by atoms with van der Waals surface area (Å²) in [5.74, 6) is 0. The third-order valence-corrected chi connectivity index (χ3v) is 3.20. The Morgan fingerprint density at radius 3 is 2.50 bits per heavy atom. The maximum atomic E-state index is 5.97. The molecule has 0 saturated carbocycles. The third kappa shape index (κ3) is 3.78. The van der Waals surface area contributed by atoms with E-state index >= 15 is 0 Å². The minimum Gasteiger partial charge on any atom is -0.329 e. The monoisotopic (exact) mass is 240 g/mol. The van der Waals surface area contributed by atoms with E-state index in [0.29, 0.717) is 12.6 Å². The van der Waals surface area contributed by atoms with Gasteiger partial charge in [0.1, 0.15) is 0 Å². The summed E-state index contributed by atoms with van der Waals surface area (Å²) < 4.78 is 0. The van der Waals surface area contributed by atoms with Crippen molar-refractivity contribution >= 4 is 11.6 Å². The second-order valence-electron chi connectivity index (χ2n) is 3.94. The molecule has 2 N–H and O–H groups in total. The van der Waals surface area contributed by atoms with Crippen molar-refractivity contribution in [3.63, 3.8) is 0 Å². The van der Waals surface area contributed by atoms with Gasteiger partial charge in [0.25, 0.3) is 0 Å². The lowest BCUT2D eigenvalue weighted by atomic mass is 10.0. The summed E-state index contributed by atoms with van der Waals surface area (Å²) in [7, 11) is 0. The summed E-state index contributed by atoms with van der Waals surface area (Å²) in [5.41, 5.74) is 7.10. The van der Waals surface area contributed by atoms with Crippen LogP contribution in [0.1, 0.15) is 19.4 Å². The van der Waals surface area contributed by atoms with Crippen LogP contribution in [0.4, 0.5) is 0 Å². The average molecular weight is 241 g/mol. The summed E-state index contributed by atoms with van der Waals surface area (Å²) in [6.07, 6.45) is 0.971. The Kier molecular flexibility index (Phi) is 5.81. The van der Waals surface area contributed by atoms with Gasteiger partial charge in [0.05, 0.1) is 0 Å². The molecule has 1 atom stereocenters. The van der Waals surface area contributed by atoms with Gasteiger partial charge in [-0.2, -0.15) is 0 Å². The highest BCUT2D eigenvalue weighted by Crippen LogP contribution is 2.14. The van der Waals surface area contributed by atoms with Crippen molar-refractivity contribution in [2.45, 2.75) is 26.3 Å². The van der Waals surface area contributed by atoms with E-state index in [1.54, 1.807) is 0 Å². The van der Waals surface area contributed by atoms with Crippen molar-refractivity contribution in [1.82, 2.24) is 4.90 Å². The van der Waals surface area contributed by atoms with Gasteiger partial charge < -0.3 is 5.73 Å².